The first-order valence-corrected chi connectivity index (χ1v) is 5.28. The van der Waals surface area contributed by atoms with Gasteiger partial charge in [-0.3, -0.25) is 0 Å². The Morgan fingerprint density at radius 1 is 1.27 bits per heavy atom. The lowest BCUT2D eigenvalue weighted by atomic mass is 10.1. The zero-order chi connectivity index (χ0) is 10.4. The first-order chi connectivity index (χ1) is 7.25. The standard InChI is InChI=1S/C12H13N3/c1-7-14-11-9(8-5-6-8)3-2-4-10(11)12(13)15-7/h2-4,8H,5-6H2,1H3,(H2,13,14,15). The van der Waals surface area contributed by atoms with Gasteiger partial charge in [-0.15, -0.1) is 0 Å². The van der Waals surface area contributed by atoms with Crippen LogP contribution in [-0.4, -0.2) is 9.97 Å². The van der Waals surface area contributed by atoms with Gasteiger partial charge in [0.15, 0.2) is 0 Å². The van der Waals surface area contributed by atoms with Gasteiger partial charge < -0.3 is 5.73 Å². The third-order valence-corrected chi connectivity index (χ3v) is 2.92. The van der Waals surface area contributed by atoms with Gasteiger partial charge in [-0.05, 0) is 37.3 Å². The molecule has 1 fully saturated rings. The fourth-order valence-corrected chi connectivity index (χ4v) is 2.04. The van der Waals surface area contributed by atoms with Gasteiger partial charge in [-0.1, -0.05) is 12.1 Å². The van der Waals surface area contributed by atoms with Crippen LogP contribution in [0.25, 0.3) is 10.9 Å². The molecule has 76 valence electrons. The Morgan fingerprint density at radius 2 is 2.07 bits per heavy atom. The molecule has 0 radical (unpaired) electrons. The molecule has 3 rings (SSSR count). The summed E-state index contributed by atoms with van der Waals surface area (Å²) in [6.07, 6.45) is 2.56. The van der Waals surface area contributed by atoms with Crippen LogP contribution in [0, 0.1) is 6.92 Å². The maximum atomic E-state index is 5.90. The van der Waals surface area contributed by atoms with E-state index in [2.05, 4.69) is 16.0 Å². The lowest BCUT2D eigenvalue weighted by Crippen LogP contribution is -1.99. The van der Waals surface area contributed by atoms with Gasteiger partial charge >= 0.3 is 0 Å². The summed E-state index contributed by atoms with van der Waals surface area (Å²) in [4.78, 5) is 8.70. The van der Waals surface area contributed by atoms with Gasteiger partial charge in [0, 0.05) is 5.39 Å². The molecule has 0 aliphatic heterocycles. The molecule has 2 aromatic rings. The molecule has 0 saturated heterocycles. The summed E-state index contributed by atoms with van der Waals surface area (Å²) in [5.74, 6) is 2.05. The van der Waals surface area contributed by atoms with Crippen molar-refractivity contribution in [2.75, 3.05) is 5.73 Å². The Bertz CT molecular complexity index is 530. The zero-order valence-electron chi connectivity index (χ0n) is 8.70. The molecule has 1 aromatic carbocycles. The molecule has 1 heterocycles. The smallest absolute Gasteiger partial charge is 0.135 e. The number of nitrogens with zero attached hydrogens (tertiary/aromatic N) is 2. The SMILES string of the molecule is Cc1nc(N)c2cccc(C3CC3)c2n1. The highest BCUT2D eigenvalue weighted by atomic mass is 14.9. The number of nitrogen functional groups attached to an aromatic ring is 1. The van der Waals surface area contributed by atoms with Crippen molar-refractivity contribution in [1.29, 1.82) is 0 Å². The van der Waals surface area contributed by atoms with Crippen LogP contribution >= 0.6 is 0 Å². The van der Waals surface area contributed by atoms with E-state index in [1.807, 2.05) is 19.1 Å². The summed E-state index contributed by atoms with van der Waals surface area (Å²) in [7, 11) is 0. The van der Waals surface area contributed by atoms with Crippen LogP contribution in [0.4, 0.5) is 5.82 Å². The van der Waals surface area contributed by atoms with Gasteiger partial charge in [0.05, 0.1) is 5.52 Å². The molecule has 3 nitrogen and oxygen atoms in total. The number of rotatable bonds is 1. The summed E-state index contributed by atoms with van der Waals surface area (Å²) in [6.45, 7) is 1.89. The minimum Gasteiger partial charge on any atom is -0.383 e. The van der Waals surface area contributed by atoms with Crippen LogP contribution in [0.3, 0.4) is 0 Å². The molecule has 2 N–H and O–H groups in total. The predicted octanol–water partition coefficient (Wildman–Crippen LogP) is 2.40. The van der Waals surface area contributed by atoms with Crippen molar-refractivity contribution in [2.45, 2.75) is 25.7 Å². The quantitative estimate of drug-likeness (QED) is 0.767. The van der Waals surface area contributed by atoms with Crippen LogP contribution < -0.4 is 5.73 Å². The van der Waals surface area contributed by atoms with E-state index in [1.54, 1.807) is 0 Å². The van der Waals surface area contributed by atoms with Crippen molar-refractivity contribution >= 4 is 16.7 Å². The molecule has 0 spiro atoms. The molecule has 0 bridgehead atoms. The largest absolute Gasteiger partial charge is 0.383 e. The van der Waals surface area contributed by atoms with E-state index < -0.39 is 0 Å². The lowest BCUT2D eigenvalue weighted by molar-refractivity contribution is 1.07. The van der Waals surface area contributed by atoms with Gasteiger partial charge in [0.25, 0.3) is 0 Å². The van der Waals surface area contributed by atoms with Gasteiger partial charge in [0.2, 0.25) is 0 Å². The van der Waals surface area contributed by atoms with E-state index >= 15 is 0 Å². The maximum absolute atomic E-state index is 5.90. The zero-order valence-corrected chi connectivity index (χ0v) is 8.70. The third kappa shape index (κ3) is 1.35. The van der Waals surface area contributed by atoms with Crippen molar-refractivity contribution in [3.8, 4) is 0 Å². The molecule has 0 atom stereocenters. The predicted molar refractivity (Wildman–Crippen MR) is 60.7 cm³/mol. The molecular formula is C12H13N3. The Balaban J connectivity index is 2.36. The second-order valence-electron chi connectivity index (χ2n) is 4.17. The Hall–Kier alpha value is -1.64. The summed E-state index contributed by atoms with van der Waals surface area (Å²) < 4.78 is 0. The molecule has 0 unspecified atom stereocenters. The van der Waals surface area contributed by atoms with Crippen LogP contribution in [0.15, 0.2) is 18.2 Å². The second-order valence-corrected chi connectivity index (χ2v) is 4.17. The Morgan fingerprint density at radius 3 is 2.80 bits per heavy atom. The molecular weight excluding hydrogens is 186 g/mol. The summed E-state index contributed by atoms with van der Waals surface area (Å²) in [6, 6.07) is 6.20. The molecule has 1 aliphatic rings. The molecule has 0 amide bonds. The Kier molecular flexibility index (Phi) is 1.69. The first-order valence-electron chi connectivity index (χ1n) is 5.28. The van der Waals surface area contributed by atoms with E-state index in [9.17, 15) is 0 Å². The second kappa shape index (κ2) is 2.92. The van der Waals surface area contributed by atoms with E-state index in [0.717, 1.165) is 16.7 Å². The number of aromatic nitrogens is 2. The molecule has 15 heavy (non-hydrogen) atoms. The number of hydrogen-bond acceptors (Lipinski definition) is 3. The van der Waals surface area contributed by atoms with Crippen molar-refractivity contribution in [2.24, 2.45) is 0 Å². The first kappa shape index (κ1) is 8.65. The summed E-state index contributed by atoms with van der Waals surface area (Å²) in [5, 5.41) is 0.991. The monoisotopic (exact) mass is 199 g/mol. The number of aryl methyl sites for hydroxylation is 1. The highest BCUT2D eigenvalue weighted by molar-refractivity contribution is 5.90. The lowest BCUT2D eigenvalue weighted by Gasteiger charge is -2.06. The number of hydrogen-bond donors (Lipinski definition) is 1. The summed E-state index contributed by atoms with van der Waals surface area (Å²) >= 11 is 0. The van der Waals surface area contributed by atoms with Crippen LogP contribution in [-0.2, 0) is 0 Å². The number of benzene rings is 1. The van der Waals surface area contributed by atoms with Gasteiger partial charge in [0.1, 0.15) is 11.6 Å². The van der Waals surface area contributed by atoms with Gasteiger partial charge in [-0.25, -0.2) is 9.97 Å². The van der Waals surface area contributed by atoms with Crippen molar-refractivity contribution in [3.05, 3.63) is 29.6 Å². The highest BCUT2D eigenvalue weighted by Gasteiger charge is 2.26. The molecule has 3 heteroatoms. The number of fused-ring (bicyclic) bond motifs is 1. The maximum Gasteiger partial charge on any atom is 0.135 e. The minimum atomic E-state index is 0.597. The minimum absolute atomic E-state index is 0.597. The number of nitrogens with two attached hydrogens (primary N) is 1. The van der Waals surface area contributed by atoms with Crippen molar-refractivity contribution in [3.63, 3.8) is 0 Å². The van der Waals surface area contributed by atoms with E-state index in [1.165, 1.54) is 18.4 Å². The van der Waals surface area contributed by atoms with Crippen LogP contribution in [0.1, 0.15) is 30.1 Å². The fourth-order valence-electron chi connectivity index (χ4n) is 2.04. The number of para-hydroxylation sites is 1. The molecule has 1 aliphatic carbocycles. The normalized spacial score (nSPS) is 15.8. The van der Waals surface area contributed by atoms with Crippen molar-refractivity contribution < 1.29 is 0 Å². The van der Waals surface area contributed by atoms with Gasteiger partial charge in [-0.2, -0.15) is 0 Å². The summed E-state index contributed by atoms with van der Waals surface area (Å²) in [5.41, 5.74) is 8.28. The average Bonchev–Trinajstić information content (AvgIpc) is 3.00. The third-order valence-electron chi connectivity index (χ3n) is 2.92. The van der Waals surface area contributed by atoms with E-state index in [4.69, 9.17) is 5.73 Å². The van der Waals surface area contributed by atoms with Crippen LogP contribution in [0.5, 0.6) is 0 Å². The van der Waals surface area contributed by atoms with Crippen LogP contribution in [0.2, 0.25) is 0 Å². The molecule has 1 saturated carbocycles. The fraction of sp³-hybridized carbons (Fsp3) is 0.333. The Labute approximate surface area is 88.3 Å². The van der Waals surface area contributed by atoms with E-state index in [0.29, 0.717) is 11.7 Å². The average molecular weight is 199 g/mol. The van der Waals surface area contributed by atoms with E-state index in [-0.39, 0.29) is 0 Å². The molecule has 1 aromatic heterocycles. The van der Waals surface area contributed by atoms with Crippen molar-refractivity contribution in [1.82, 2.24) is 9.97 Å². The highest BCUT2D eigenvalue weighted by Crippen LogP contribution is 2.42. The topological polar surface area (TPSA) is 51.8 Å². The number of anilines is 1.